The van der Waals surface area contributed by atoms with E-state index in [1.165, 1.54) is 0 Å². The first kappa shape index (κ1) is 18.6. The van der Waals surface area contributed by atoms with Crippen molar-refractivity contribution >= 4 is 34.7 Å². The third-order valence-corrected chi connectivity index (χ3v) is 4.73. The number of benzene rings is 3. The number of amides is 3. The lowest BCUT2D eigenvalue weighted by atomic mass is 10.2. The van der Waals surface area contributed by atoms with E-state index in [2.05, 4.69) is 16.0 Å². The van der Waals surface area contributed by atoms with Gasteiger partial charge in [-0.05, 0) is 48.5 Å². The molecule has 3 aromatic carbocycles. The van der Waals surface area contributed by atoms with Gasteiger partial charge in [0.15, 0.2) is 0 Å². The summed E-state index contributed by atoms with van der Waals surface area (Å²) in [5.41, 5.74) is 3.47. The summed E-state index contributed by atoms with van der Waals surface area (Å²) in [6.07, 6.45) is 0.294. The fraction of sp³-hybridized carbons (Fsp3) is 0.130. The number of carbonyl (C=O) groups excluding carboxylic acids is 2. The number of anilines is 4. The lowest BCUT2D eigenvalue weighted by Gasteiger charge is -2.17. The number of rotatable bonds is 5. The molecule has 146 valence electrons. The van der Waals surface area contributed by atoms with E-state index >= 15 is 0 Å². The van der Waals surface area contributed by atoms with Gasteiger partial charge in [-0.15, -0.1) is 0 Å². The maximum absolute atomic E-state index is 12.3. The maximum atomic E-state index is 12.3. The molecule has 1 aliphatic heterocycles. The molecule has 0 bridgehead atoms. The molecule has 1 fully saturated rings. The van der Waals surface area contributed by atoms with Crippen molar-refractivity contribution in [1.29, 1.82) is 0 Å². The molecule has 6 nitrogen and oxygen atoms in total. The molecule has 0 radical (unpaired) electrons. The number of hydrogen-bond acceptors (Lipinski definition) is 3. The molecule has 3 amide bonds. The molecule has 0 saturated carbocycles. The van der Waals surface area contributed by atoms with Crippen LogP contribution < -0.4 is 20.9 Å². The van der Waals surface area contributed by atoms with Crippen LogP contribution in [0.5, 0.6) is 0 Å². The number of hydrogen-bond donors (Lipinski definition) is 3. The fourth-order valence-electron chi connectivity index (χ4n) is 3.34. The molecule has 1 atom stereocenters. The van der Waals surface area contributed by atoms with E-state index in [1.807, 2.05) is 84.9 Å². The van der Waals surface area contributed by atoms with Crippen molar-refractivity contribution in [1.82, 2.24) is 5.32 Å². The summed E-state index contributed by atoms with van der Waals surface area (Å²) in [5, 5.41) is 9.00. The summed E-state index contributed by atoms with van der Waals surface area (Å²) < 4.78 is 0. The molecule has 1 saturated heterocycles. The van der Waals surface area contributed by atoms with Crippen LogP contribution in [0, 0.1) is 0 Å². The molecule has 0 spiro atoms. The summed E-state index contributed by atoms with van der Waals surface area (Å²) in [6, 6.07) is 26.3. The van der Waals surface area contributed by atoms with Crippen molar-refractivity contribution in [3.05, 3.63) is 84.9 Å². The molecule has 0 unspecified atom stereocenters. The van der Waals surface area contributed by atoms with Gasteiger partial charge in [-0.1, -0.05) is 36.4 Å². The van der Waals surface area contributed by atoms with E-state index < -0.39 is 0 Å². The molecule has 4 rings (SSSR count). The number of urea groups is 1. The summed E-state index contributed by atoms with van der Waals surface area (Å²) in [4.78, 5) is 26.3. The molecule has 0 aromatic heterocycles. The third kappa shape index (κ3) is 4.73. The van der Waals surface area contributed by atoms with Gasteiger partial charge in [0.2, 0.25) is 5.91 Å². The zero-order chi connectivity index (χ0) is 20.1. The smallest absolute Gasteiger partial charge is 0.319 e. The monoisotopic (exact) mass is 386 g/mol. The number of nitrogens with zero attached hydrogens (tertiary/aromatic N) is 1. The van der Waals surface area contributed by atoms with Gasteiger partial charge in [0.1, 0.15) is 0 Å². The van der Waals surface area contributed by atoms with Crippen LogP contribution in [-0.2, 0) is 4.79 Å². The van der Waals surface area contributed by atoms with Crippen molar-refractivity contribution in [2.24, 2.45) is 0 Å². The van der Waals surface area contributed by atoms with Gasteiger partial charge in [0, 0.05) is 35.7 Å². The minimum Gasteiger partial charge on any atom is -0.356 e. The summed E-state index contributed by atoms with van der Waals surface area (Å²) >= 11 is 0. The second kappa shape index (κ2) is 8.48. The van der Waals surface area contributed by atoms with E-state index in [-0.39, 0.29) is 18.0 Å². The second-order valence-electron chi connectivity index (χ2n) is 6.91. The highest BCUT2D eigenvalue weighted by molar-refractivity contribution is 5.97. The van der Waals surface area contributed by atoms with Crippen molar-refractivity contribution in [2.45, 2.75) is 12.5 Å². The Hall–Kier alpha value is -3.80. The first-order valence-electron chi connectivity index (χ1n) is 9.52. The largest absolute Gasteiger partial charge is 0.356 e. The quantitative estimate of drug-likeness (QED) is 0.610. The molecule has 1 heterocycles. The summed E-state index contributed by atoms with van der Waals surface area (Å²) in [7, 11) is 0. The average Bonchev–Trinajstić information content (AvgIpc) is 3.10. The van der Waals surface area contributed by atoms with E-state index in [9.17, 15) is 9.59 Å². The van der Waals surface area contributed by atoms with Crippen LogP contribution >= 0.6 is 0 Å². The molecular formula is C23H22N4O2. The Kier molecular flexibility index (Phi) is 5.42. The van der Waals surface area contributed by atoms with Crippen LogP contribution in [0.3, 0.4) is 0 Å². The SMILES string of the molecule is O=C(Nc1ccc(Nc2ccccc2)cc1)N[C@H]1CC(=O)N(c2ccccc2)C1. The van der Waals surface area contributed by atoms with Gasteiger partial charge >= 0.3 is 6.03 Å². The van der Waals surface area contributed by atoms with Crippen molar-refractivity contribution in [3.63, 3.8) is 0 Å². The van der Waals surface area contributed by atoms with Gasteiger partial charge in [0.05, 0.1) is 6.04 Å². The Bertz CT molecular complexity index is 975. The minimum atomic E-state index is -0.318. The number of para-hydroxylation sites is 2. The van der Waals surface area contributed by atoms with Crippen LogP contribution in [0.15, 0.2) is 84.9 Å². The molecular weight excluding hydrogens is 364 g/mol. The highest BCUT2D eigenvalue weighted by Gasteiger charge is 2.31. The summed E-state index contributed by atoms with van der Waals surface area (Å²) in [5.74, 6) is 0.0119. The van der Waals surface area contributed by atoms with Gasteiger partial charge < -0.3 is 20.9 Å². The lowest BCUT2D eigenvalue weighted by molar-refractivity contribution is -0.117. The number of carbonyl (C=O) groups is 2. The molecule has 29 heavy (non-hydrogen) atoms. The molecule has 0 aliphatic carbocycles. The second-order valence-corrected chi connectivity index (χ2v) is 6.91. The summed E-state index contributed by atoms with van der Waals surface area (Å²) in [6.45, 7) is 0.468. The maximum Gasteiger partial charge on any atom is 0.319 e. The van der Waals surface area contributed by atoms with Crippen LogP contribution in [-0.4, -0.2) is 24.5 Å². The Balaban J connectivity index is 1.30. The van der Waals surface area contributed by atoms with Crippen molar-refractivity contribution in [2.75, 3.05) is 22.1 Å². The first-order valence-corrected chi connectivity index (χ1v) is 9.52. The van der Waals surface area contributed by atoms with E-state index in [0.29, 0.717) is 18.7 Å². The Morgan fingerprint density at radius 3 is 2.07 bits per heavy atom. The Morgan fingerprint density at radius 2 is 1.38 bits per heavy atom. The normalized spacial score (nSPS) is 15.8. The predicted molar refractivity (Wildman–Crippen MR) is 116 cm³/mol. The molecule has 6 heteroatoms. The predicted octanol–water partition coefficient (Wildman–Crippen LogP) is 4.36. The lowest BCUT2D eigenvalue weighted by Crippen LogP contribution is -2.39. The average molecular weight is 386 g/mol. The van der Waals surface area contributed by atoms with Crippen LogP contribution in [0.25, 0.3) is 0 Å². The number of nitrogens with one attached hydrogen (secondary N) is 3. The Morgan fingerprint density at radius 1 is 0.793 bits per heavy atom. The van der Waals surface area contributed by atoms with Gasteiger partial charge in [0.25, 0.3) is 0 Å². The molecule has 3 N–H and O–H groups in total. The molecule has 1 aliphatic rings. The van der Waals surface area contributed by atoms with Crippen LogP contribution in [0.2, 0.25) is 0 Å². The van der Waals surface area contributed by atoms with Gasteiger partial charge in [-0.2, -0.15) is 0 Å². The van der Waals surface area contributed by atoms with E-state index in [0.717, 1.165) is 17.1 Å². The van der Waals surface area contributed by atoms with E-state index in [1.54, 1.807) is 4.90 Å². The highest BCUT2D eigenvalue weighted by Crippen LogP contribution is 2.22. The standard InChI is InChI=1S/C23H22N4O2/c28-22-15-20(16-27(22)21-9-5-2-6-10-21)26-23(29)25-19-13-11-18(12-14-19)24-17-7-3-1-4-8-17/h1-14,20,24H,15-16H2,(H2,25,26,29)/t20-/m0/s1. The van der Waals surface area contributed by atoms with Gasteiger partial charge in [-0.25, -0.2) is 4.79 Å². The zero-order valence-corrected chi connectivity index (χ0v) is 15.8. The van der Waals surface area contributed by atoms with Crippen molar-refractivity contribution in [3.8, 4) is 0 Å². The van der Waals surface area contributed by atoms with Crippen LogP contribution in [0.1, 0.15) is 6.42 Å². The topological polar surface area (TPSA) is 73.5 Å². The fourth-order valence-corrected chi connectivity index (χ4v) is 3.34. The van der Waals surface area contributed by atoms with Crippen LogP contribution in [0.4, 0.5) is 27.5 Å². The third-order valence-electron chi connectivity index (χ3n) is 4.73. The van der Waals surface area contributed by atoms with E-state index in [4.69, 9.17) is 0 Å². The first-order chi connectivity index (χ1) is 14.2. The van der Waals surface area contributed by atoms with Gasteiger partial charge in [-0.3, -0.25) is 4.79 Å². The highest BCUT2D eigenvalue weighted by atomic mass is 16.2. The Labute approximate surface area is 169 Å². The van der Waals surface area contributed by atoms with Crippen molar-refractivity contribution < 1.29 is 9.59 Å². The minimum absolute atomic E-state index is 0.0119. The molecule has 3 aromatic rings. The zero-order valence-electron chi connectivity index (χ0n) is 15.8.